The van der Waals surface area contributed by atoms with Gasteiger partial charge >= 0.3 is 5.97 Å². The van der Waals surface area contributed by atoms with E-state index in [1.165, 1.54) is 7.11 Å². The second kappa shape index (κ2) is 5.70. The van der Waals surface area contributed by atoms with E-state index in [1.54, 1.807) is 24.3 Å². The van der Waals surface area contributed by atoms with Crippen LogP contribution in [0.15, 0.2) is 24.3 Å². The molecule has 0 saturated carbocycles. The van der Waals surface area contributed by atoms with Gasteiger partial charge in [0, 0.05) is 11.4 Å². The van der Waals surface area contributed by atoms with Crippen molar-refractivity contribution in [2.75, 3.05) is 7.11 Å². The summed E-state index contributed by atoms with van der Waals surface area (Å²) in [6, 6.07) is 6.89. The number of hydrogen-bond donors (Lipinski definition) is 1. The number of rotatable bonds is 4. The van der Waals surface area contributed by atoms with Crippen molar-refractivity contribution in [2.45, 2.75) is 12.5 Å². The molecule has 4 nitrogen and oxygen atoms in total. The Morgan fingerprint density at radius 2 is 2.07 bits per heavy atom. The molecule has 1 rings (SSSR count). The minimum Gasteiger partial charge on any atom is -0.467 e. The molecule has 0 unspecified atom stereocenters. The Bertz CT molecular complexity index is 323. The highest BCUT2D eigenvalue weighted by Crippen LogP contribution is 2.12. The summed E-state index contributed by atoms with van der Waals surface area (Å²) in [4.78, 5) is 15.1. The van der Waals surface area contributed by atoms with Crippen LogP contribution in [0.3, 0.4) is 0 Å². The highest BCUT2D eigenvalue weighted by atomic mass is 35.5. The van der Waals surface area contributed by atoms with E-state index in [-0.39, 0.29) is 6.42 Å². The fraction of sp³-hybridized carbons (Fsp3) is 0.300. The zero-order valence-corrected chi connectivity index (χ0v) is 8.90. The number of methoxy groups -OCH3 is 1. The van der Waals surface area contributed by atoms with Crippen LogP contribution in [0.25, 0.3) is 0 Å². The highest BCUT2D eigenvalue weighted by Gasteiger charge is 2.20. The first-order chi connectivity index (χ1) is 7.17. The van der Waals surface area contributed by atoms with Crippen molar-refractivity contribution in [3.05, 3.63) is 34.9 Å². The SMILES string of the molecule is COC(=O)[C@H](Cc1ccc(Cl)cc1)OO. The quantitative estimate of drug-likeness (QED) is 0.488. The summed E-state index contributed by atoms with van der Waals surface area (Å²) in [7, 11) is 1.23. The summed E-state index contributed by atoms with van der Waals surface area (Å²) >= 11 is 5.70. The van der Waals surface area contributed by atoms with Crippen LogP contribution in [-0.4, -0.2) is 24.4 Å². The van der Waals surface area contributed by atoms with Crippen molar-refractivity contribution >= 4 is 17.6 Å². The lowest BCUT2D eigenvalue weighted by molar-refractivity contribution is -0.276. The standard InChI is InChI=1S/C10H11ClO4/c1-14-10(12)9(15-13)6-7-2-4-8(11)5-3-7/h2-5,9,13H,6H2,1H3/t9-/m0/s1. The molecular formula is C10H11ClO4. The van der Waals surface area contributed by atoms with E-state index in [9.17, 15) is 4.79 Å². The molecule has 0 aliphatic rings. The van der Waals surface area contributed by atoms with Crippen molar-refractivity contribution in [3.63, 3.8) is 0 Å². The lowest BCUT2D eigenvalue weighted by atomic mass is 10.1. The van der Waals surface area contributed by atoms with E-state index in [0.29, 0.717) is 5.02 Å². The van der Waals surface area contributed by atoms with Gasteiger partial charge in [0.2, 0.25) is 0 Å². The van der Waals surface area contributed by atoms with Gasteiger partial charge in [-0.25, -0.2) is 9.68 Å². The predicted octanol–water partition coefficient (Wildman–Crippen LogP) is 1.91. The number of benzene rings is 1. The summed E-state index contributed by atoms with van der Waals surface area (Å²) in [6.07, 6.45) is -0.767. The van der Waals surface area contributed by atoms with Gasteiger partial charge in [-0.05, 0) is 17.7 Å². The summed E-state index contributed by atoms with van der Waals surface area (Å²) in [5.74, 6) is -0.618. The zero-order valence-electron chi connectivity index (χ0n) is 8.14. The van der Waals surface area contributed by atoms with Gasteiger partial charge in [0.05, 0.1) is 7.11 Å². The molecule has 0 aliphatic heterocycles. The molecule has 0 aliphatic carbocycles. The number of esters is 1. The second-order valence-electron chi connectivity index (χ2n) is 2.95. The van der Waals surface area contributed by atoms with E-state index in [1.807, 2.05) is 0 Å². The Kier molecular flexibility index (Phi) is 4.55. The van der Waals surface area contributed by atoms with Crippen LogP contribution in [0, 0.1) is 0 Å². The minimum absolute atomic E-state index is 0.236. The average Bonchev–Trinajstić information content (AvgIpc) is 2.27. The highest BCUT2D eigenvalue weighted by molar-refractivity contribution is 6.30. The molecule has 0 saturated heterocycles. The van der Waals surface area contributed by atoms with Crippen molar-refractivity contribution in [2.24, 2.45) is 0 Å². The number of carbonyl (C=O) groups excluding carboxylic acids is 1. The number of halogens is 1. The molecule has 1 atom stereocenters. The smallest absolute Gasteiger partial charge is 0.338 e. The Labute approximate surface area is 92.3 Å². The molecule has 0 radical (unpaired) electrons. The van der Waals surface area contributed by atoms with Gasteiger partial charge in [0.1, 0.15) is 0 Å². The van der Waals surface area contributed by atoms with Gasteiger partial charge < -0.3 is 4.74 Å². The first-order valence-corrected chi connectivity index (χ1v) is 4.67. The molecule has 0 fully saturated rings. The lowest BCUT2D eigenvalue weighted by Crippen LogP contribution is -2.26. The molecule has 0 bridgehead atoms. The number of ether oxygens (including phenoxy) is 1. The predicted molar refractivity (Wildman–Crippen MR) is 54.7 cm³/mol. The molecule has 5 heteroatoms. The van der Waals surface area contributed by atoms with Crippen LogP contribution < -0.4 is 0 Å². The van der Waals surface area contributed by atoms with Gasteiger partial charge in [-0.2, -0.15) is 0 Å². The Hall–Kier alpha value is -1.10. The van der Waals surface area contributed by atoms with Gasteiger partial charge in [0.15, 0.2) is 6.10 Å². The Morgan fingerprint density at radius 1 is 1.47 bits per heavy atom. The molecule has 0 spiro atoms. The maximum atomic E-state index is 11.1. The molecule has 82 valence electrons. The summed E-state index contributed by atoms with van der Waals surface area (Å²) in [5.41, 5.74) is 0.823. The maximum absolute atomic E-state index is 11.1. The Morgan fingerprint density at radius 3 is 2.53 bits per heavy atom. The van der Waals surface area contributed by atoms with Crippen LogP contribution >= 0.6 is 11.6 Å². The minimum atomic E-state index is -1.00. The third-order valence-electron chi connectivity index (χ3n) is 1.93. The molecular weight excluding hydrogens is 220 g/mol. The van der Waals surface area contributed by atoms with Crippen molar-refractivity contribution in [1.29, 1.82) is 0 Å². The van der Waals surface area contributed by atoms with Gasteiger partial charge in [-0.15, -0.1) is 0 Å². The molecule has 0 amide bonds. The lowest BCUT2D eigenvalue weighted by Gasteiger charge is -2.10. The maximum Gasteiger partial charge on any atom is 0.338 e. The fourth-order valence-corrected chi connectivity index (χ4v) is 1.26. The van der Waals surface area contributed by atoms with Crippen molar-refractivity contribution < 1.29 is 19.7 Å². The normalized spacial score (nSPS) is 12.2. The average molecular weight is 231 g/mol. The molecule has 15 heavy (non-hydrogen) atoms. The zero-order chi connectivity index (χ0) is 11.3. The monoisotopic (exact) mass is 230 g/mol. The largest absolute Gasteiger partial charge is 0.467 e. The van der Waals surface area contributed by atoms with E-state index in [2.05, 4.69) is 9.62 Å². The van der Waals surface area contributed by atoms with Crippen LogP contribution in [0.4, 0.5) is 0 Å². The summed E-state index contributed by atoms with van der Waals surface area (Å²) in [6.45, 7) is 0. The summed E-state index contributed by atoms with van der Waals surface area (Å²) < 4.78 is 4.45. The third kappa shape index (κ3) is 3.51. The molecule has 1 aromatic rings. The van der Waals surface area contributed by atoms with Crippen LogP contribution in [0.1, 0.15) is 5.56 Å². The fourth-order valence-electron chi connectivity index (χ4n) is 1.13. The van der Waals surface area contributed by atoms with Crippen molar-refractivity contribution in [1.82, 2.24) is 0 Å². The van der Waals surface area contributed by atoms with Crippen LogP contribution in [0.5, 0.6) is 0 Å². The van der Waals surface area contributed by atoms with Gasteiger partial charge in [0.25, 0.3) is 0 Å². The Balaban J connectivity index is 2.66. The van der Waals surface area contributed by atoms with Crippen molar-refractivity contribution in [3.8, 4) is 0 Å². The van der Waals surface area contributed by atoms with Gasteiger partial charge in [-0.3, -0.25) is 5.26 Å². The van der Waals surface area contributed by atoms with E-state index in [0.717, 1.165) is 5.56 Å². The van der Waals surface area contributed by atoms with E-state index >= 15 is 0 Å². The molecule has 1 aromatic carbocycles. The number of hydrogen-bond acceptors (Lipinski definition) is 4. The van der Waals surface area contributed by atoms with E-state index in [4.69, 9.17) is 16.9 Å². The molecule has 0 aromatic heterocycles. The third-order valence-corrected chi connectivity index (χ3v) is 2.18. The van der Waals surface area contributed by atoms with Crippen LogP contribution in [-0.2, 0) is 20.8 Å². The van der Waals surface area contributed by atoms with Gasteiger partial charge in [-0.1, -0.05) is 23.7 Å². The van der Waals surface area contributed by atoms with E-state index < -0.39 is 12.1 Å². The van der Waals surface area contributed by atoms with Crippen LogP contribution in [0.2, 0.25) is 5.02 Å². The molecule has 1 N–H and O–H groups in total. The number of carbonyl (C=O) groups is 1. The summed E-state index contributed by atoms with van der Waals surface area (Å²) in [5, 5.41) is 9.13. The second-order valence-corrected chi connectivity index (χ2v) is 3.38. The molecule has 0 heterocycles. The first-order valence-electron chi connectivity index (χ1n) is 4.30. The topological polar surface area (TPSA) is 55.8 Å². The first kappa shape index (κ1) is 12.0.